The number of amides is 2. The van der Waals surface area contributed by atoms with Crippen molar-refractivity contribution >= 4 is 46.6 Å². The van der Waals surface area contributed by atoms with Crippen LogP contribution in [0, 0.1) is 6.92 Å². The van der Waals surface area contributed by atoms with Gasteiger partial charge in [0.05, 0.1) is 27.6 Å². The number of benzene rings is 1. The molecule has 2 heterocycles. The first-order valence-corrected chi connectivity index (χ1v) is 9.36. The zero-order valence-electron chi connectivity index (χ0n) is 14.3. The number of anilines is 2. The summed E-state index contributed by atoms with van der Waals surface area (Å²) < 4.78 is 1.05. The fraction of sp³-hybridized carbons (Fsp3) is 0.294. The number of hydrogen-bond donors (Lipinski definition) is 1. The topological polar surface area (TPSA) is 84.3 Å². The fourth-order valence-electron chi connectivity index (χ4n) is 2.65. The Morgan fingerprint density at radius 1 is 1.38 bits per heavy atom. The molecule has 0 unspecified atom stereocenters. The molecular weight excluding hydrogens is 376 g/mol. The lowest BCUT2D eigenvalue weighted by Crippen LogP contribution is -2.42. The fourth-order valence-corrected chi connectivity index (χ4v) is 3.83. The van der Waals surface area contributed by atoms with Crippen LogP contribution in [-0.2, 0) is 16.1 Å². The first-order valence-electron chi connectivity index (χ1n) is 8.00. The van der Waals surface area contributed by atoms with Gasteiger partial charge >= 0.3 is 0 Å². The lowest BCUT2D eigenvalue weighted by Gasteiger charge is -2.26. The van der Waals surface area contributed by atoms with E-state index >= 15 is 0 Å². The van der Waals surface area contributed by atoms with E-state index in [4.69, 9.17) is 11.6 Å². The first kappa shape index (κ1) is 18.5. The molecule has 1 aliphatic rings. The van der Waals surface area contributed by atoms with Gasteiger partial charge in [0.2, 0.25) is 11.8 Å². The molecule has 1 aromatic heterocycles. The summed E-state index contributed by atoms with van der Waals surface area (Å²) in [5, 5.41) is 7.15. The van der Waals surface area contributed by atoms with Gasteiger partial charge in [0, 0.05) is 6.54 Å². The van der Waals surface area contributed by atoms with Gasteiger partial charge in [-0.15, -0.1) is 11.8 Å². The normalized spacial score (nSPS) is 13.5. The molecule has 1 aliphatic heterocycles. The molecular formula is C17H17ClN4O3S. The van der Waals surface area contributed by atoms with Crippen LogP contribution < -0.4 is 15.8 Å². The minimum Gasteiger partial charge on any atom is -0.323 e. The summed E-state index contributed by atoms with van der Waals surface area (Å²) in [6.45, 7) is 3.81. The first-order chi connectivity index (χ1) is 12.4. The molecule has 1 aromatic carbocycles. The molecule has 0 radical (unpaired) electrons. The van der Waals surface area contributed by atoms with Crippen LogP contribution in [0.15, 0.2) is 34.1 Å². The maximum Gasteiger partial charge on any atom is 0.292 e. The zero-order valence-corrected chi connectivity index (χ0v) is 15.9. The predicted octanol–water partition coefficient (Wildman–Crippen LogP) is 2.30. The third-order valence-electron chi connectivity index (χ3n) is 3.92. The summed E-state index contributed by atoms with van der Waals surface area (Å²) >= 11 is 7.39. The van der Waals surface area contributed by atoms with Gasteiger partial charge < -0.3 is 10.2 Å². The van der Waals surface area contributed by atoms with Crippen molar-refractivity contribution in [3.8, 4) is 0 Å². The number of nitrogens with zero attached hydrogens (tertiary/aromatic N) is 3. The Morgan fingerprint density at radius 2 is 2.15 bits per heavy atom. The van der Waals surface area contributed by atoms with Gasteiger partial charge in [0.15, 0.2) is 0 Å². The number of nitrogens with one attached hydrogen (secondary N) is 1. The summed E-state index contributed by atoms with van der Waals surface area (Å²) in [5.74, 6) is -0.280. The molecule has 0 spiro atoms. The van der Waals surface area contributed by atoms with Gasteiger partial charge in [-0.25, -0.2) is 4.68 Å². The van der Waals surface area contributed by atoms with Crippen molar-refractivity contribution in [1.29, 1.82) is 0 Å². The Bertz CT molecular complexity index is 944. The Morgan fingerprint density at radius 3 is 2.85 bits per heavy atom. The van der Waals surface area contributed by atoms with Gasteiger partial charge in [-0.1, -0.05) is 17.7 Å². The molecule has 0 saturated heterocycles. The summed E-state index contributed by atoms with van der Waals surface area (Å²) in [5.41, 5.74) is 1.26. The Hall–Kier alpha value is -2.32. The Labute approximate surface area is 159 Å². The summed E-state index contributed by atoms with van der Waals surface area (Å²) in [7, 11) is 0. The molecule has 0 aliphatic carbocycles. The summed E-state index contributed by atoms with van der Waals surface area (Å²) in [6.07, 6.45) is 1.52. The highest BCUT2D eigenvalue weighted by atomic mass is 35.5. The van der Waals surface area contributed by atoms with Crippen LogP contribution in [0.3, 0.4) is 0 Å². The average molecular weight is 393 g/mol. The van der Waals surface area contributed by atoms with Crippen LogP contribution in [0.25, 0.3) is 0 Å². The average Bonchev–Trinajstić information content (AvgIpc) is 2.60. The van der Waals surface area contributed by atoms with Crippen molar-refractivity contribution in [2.75, 3.05) is 22.5 Å². The van der Waals surface area contributed by atoms with Crippen LogP contribution in [0.4, 0.5) is 11.4 Å². The van der Waals surface area contributed by atoms with Gasteiger partial charge in [-0.2, -0.15) is 5.10 Å². The third-order valence-corrected chi connectivity index (χ3v) is 5.23. The van der Waals surface area contributed by atoms with Crippen molar-refractivity contribution in [3.05, 3.63) is 45.3 Å². The summed E-state index contributed by atoms with van der Waals surface area (Å²) in [4.78, 5) is 39.1. The van der Waals surface area contributed by atoms with Crippen LogP contribution >= 0.6 is 23.4 Å². The number of rotatable bonds is 4. The van der Waals surface area contributed by atoms with Gasteiger partial charge in [-0.05, 0) is 31.5 Å². The van der Waals surface area contributed by atoms with Crippen LogP contribution in [0.1, 0.15) is 12.5 Å². The molecule has 0 atom stereocenters. The Kier molecular flexibility index (Phi) is 5.33. The number of carbonyl (C=O) groups excluding carboxylic acids is 2. The molecule has 9 heteroatoms. The van der Waals surface area contributed by atoms with Gasteiger partial charge in [0.25, 0.3) is 5.56 Å². The number of fused-ring (bicyclic) bond motifs is 1. The van der Waals surface area contributed by atoms with Crippen molar-refractivity contribution in [2.24, 2.45) is 0 Å². The number of carbonyl (C=O) groups is 2. The monoisotopic (exact) mass is 392 g/mol. The summed E-state index contributed by atoms with van der Waals surface area (Å²) in [6, 6.07) is 5.27. The van der Waals surface area contributed by atoms with Gasteiger partial charge in [0.1, 0.15) is 12.2 Å². The minimum atomic E-state index is -0.463. The highest BCUT2D eigenvalue weighted by Crippen LogP contribution is 2.31. The van der Waals surface area contributed by atoms with E-state index in [1.807, 2.05) is 13.0 Å². The lowest BCUT2D eigenvalue weighted by molar-refractivity contribution is -0.117. The van der Waals surface area contributed by atoms with E-state index < -0.39 is 11.5 Å². The second kappa shape index (κ2) is 7.51. The molecule has 2 aromatic rings. The smallest absolute Gasteiger partial charge is 0.292 e. The molecule has 0 bridgehead atoms. The minimum absolute atomic E-state index is 0.129. The van der Waals surface area contributed by atoms with E-state index in [0.29, 0.717) is 22.2 Å². The second-order valence-corrected chi connectivity index (χ2v) is 7.20. The number of hydrogen-bond acceptors (Lipinski definition) is 5. The maximum absolute atomic E-state index is 12.7. The highest BCUT2D eigenvalue weighted by Gasteiger charge is 2.28. The molecule has 7 nitrogen and oxygen atoms in total. The number of halogens is 1. The zero-order chi connectivity index (χ0) is 18.8. The van der Waals surface area contributed by atoms with Crippen LogP contribution in [-0.4, -0.2) is 33.9 Å². The van der Waals surface area contributed by atoms with E-state index in [1.54, 1.807) is 19.1 Å². The molecule has 2 amide bonds. The molecule has 0 saturated carbocycles. The number of aromatic nitrogens is 2. The van der Waals surface area contributed by atoms with Crippen LogP contribution in [0.2, 0.25) is 5.02 Å². The molecule has 136 valence electrons. The lowest BCUT2D eigenvalue weighted by atomic mass is 10.2. The SMILES string of the molecule is CCN1C(=O)CSc2cnn(CC(=O)Nc3ccc(C)cc3Cl)c(=O)c21. The molecule has 1 N–H and O–H groups in total. The highest BCUT2D eigenvalue weighted by molar-refractivity contribution is 8.00. The predicted molar refractivity (Wildman–Crippen MR) is 102 cm³/mol. The van der Waals surface area contributed by atoms with Crippen molar-refractivity contribution < 1.29 is 9.59 Å². The standard InChI is InChI=1S/C17H17ClN4O3S/c1-3-21-15(24)9-26-13-7-19-22(17(25)16(13)21)8-14(23)20-12-5-4-10(2)6-11(12)18/h4-7H,3,8-9H2,1-2H3,(H,20,23). The maximum atomic E-state index is 12.7. The van der Waals surface area contributed by atoms with E-state index in [9.17, 15) is 14.4 Å². The van der Waals surface area contributed by atoms with E-state index in [-0.39, 0.29) is 23.9 Å². The number of thioether (sulfide) groups is 1. The van der Waals surface area contributed by atoms with E-state index in [2.05, 4.69) is 10.4 Å². The Balaban J connectivity index is 1.84. The van der Waals surface area contributed by atoms with Crippen LogP contribution in [0.5, 0.6) is 0 Å². The largest absolute Gasteiger partial charge is 0.323 e. The van der Waals surface area contributed by atoms with Gasteiger partial charge in [-0.3, -0.25) is 14.4 Å². The quantitative estimate of drug-likeness (QED) is 0.863. The van der Waals surface area contributed by atoms with Crippen molar-refractivity contribution in [3.63, 3.8) is 0 Å². The molecule has 0 fully saturated rings. The van der Waals surface area contributed by atoms with Crippen molar-refractivity contribution in [1.82, 2.24) is 9.78 Å². The third kappa shape index (κ3) is 3.61. The van der Waals surface area contributed by atoms with E-state index in [0.717, 1.165) is 10.2 Å². The molecule has 3 rings (SSSR count). The second-order valence-electron chi connectivity index (χ2n) is 5.78. The number of aryl methyl sites for hydroxylation is 1. The van der Waals surface area contributed by atoms with Crippen molar-refractivity contribution in [2.45, 2.75) is 25.3 Å². The molecule has 26 heavy (non-hydrogen) atoms. The van der Waals surface area contributed by atoms with E-state index in [1.165, 1.54) is 22.9 Å².